The van der Waals surface area contributed by atoms with Gasteiger partial charge in [0.2, 0.25) is 0 Å². The molecule has 2 heterocycles. The predicted octanol–water partition coefficient (Wildman–Crippen LogP) is 2.17. The fourth-order valence-corrected chi connectivity index (χ4v) is 2.38. The number of hydrogen-bond acceptors (Lipinski definition) is 5. The zero-order chi connectivity index (χ0) is 16.8. The molecule has 0 unspecified atom stereocenters. The van der Waals surface area contributed by atoms with E-state index >= 15 is 0 Å². The summed E-state index contributed by atoms with van der Waals surface area (Å²) in [5.74, 6) is 0.0770. The number of aromatic hydroxyl groups is 1. The Bertz CT molecular complexity index is 782. The molecule has 2 aromatic rings. The fraction of sp³-hybridized carbons (Fsp3) is 0.375. The van der Waals surface area contributed by atoms with Crippen molar-refractivity contribution in [2.45, 2.75) is 38.9 Å². The van der Waals surface area contributed by atoms with Gasteiger partial charge < -0.3 is 19.0 Å². The van der Waals surface area contributed by atoms with E-state index in [1.54, 1.807) is 22.9 Å². The third kappa shape index (κ3) is 3.01. The summed E-state index contributed by atoms with van der Waals surface area (Å²) in [5, 5.41) is 19.2. The van der Waals surface area contributed by atoms with E-state index in [1.165, 1.54) is 6.33 Å². The lowest BCUT2D eigenvalue weighted by Crippen LogP contribution is -2.41. The number of imidazole rings is 1. The minimum Gasteiger partial charge on any atom is -0.508 e. The van der Waals surface area contributed by atoms with Crippen molar-refractivity contribution >= 4 is 25.0 Å². The monoisotopic (exact) mass is 347 g/mol. The Morgan fingerprint density at radius 3 is 2.33 bits per heavy atom. The van der Waals surface area contributed by atoms with Gasteiger partial charge in [0.1, 0.15) is 18.1 Å². The first-order chi connectivity index (χ1) is 10.7. The molecule has 1 saturated heterocycles. The van der Waals surface area contributed by atoms with Crippen LogP contribution in [0, 0.1) is 11.3 Å². The fourth-order valence-electron chi connectivity index (χ4n) is 2.38. The van der Waals surface area contributed by atoms with Gasteiger partial charge in [0.15, 0.2) is 5.69 Å². The maximum Gasteiger partial charge on any atom is 0.498 e. The number of benzene rings is 1. The Kier molecular flexibility index (Phi) is 4.69. The highest BCUT2D eigenvalue weighted by molar-refractivity contribution is 6.63. The quantitative estimate of drug-likeness (QED) is 0.842. The van der Waals surface area contributed by atoms with Crippen LogP contribution in [0.4, 0.5) is 0 Å². The van der Waals surface area contributed by atoms with E-state index in [0.717, 1.165) is 0 Å². The van der Waals surface area contributed by atoms with Gasteiger partial charge >= 0.3 is 7.12 Å². The lowest BCUT2D eigenvalue weighted by atomic mass is 9.78. The van der Waals surface area contributed by atoms with Crippen LogP contribution in [0.5, 0.6) is 5.75 Å². The van der Waals surface area contributed by atoms with Crippen LogP contribution in [0.15, 0.2) is 30.7 Å². The summed E-state index contributed by atoms with van der Waals surface area (Å²) in [6.45, 7) is 7.86. The van der Waals surface area contributed by atoms with E-state index in [2.05, 4.69) is 4.98 Å². The lowest BCUT2D eigenvalue weighted by molar-refractivity contribution is 0.00578. The Balaban J connectivity index is 0.00000208. The highest BCUT2D eigenvalue weighted by Crippen LogP contribution is 2.37. The van der Waals surface area contributed by atoms with Gasteiger partial charge in [-0.05, 0) is 33.8 Å². The summed E-state index contributed by atoms with van der Waals surface area (Å²) in [6.07, 6.45) is 3.13. The molecule has 0 spiro atoms. The van der Waals surface area contributed by atoms with E-state index in [1.807, 2.05) is 39.8 Å². The molecule has 0 bridgehead atoms. The van der Waals surface area contributed by atoms with Crippen molar-refractivity contribution in [1.82, 2.24) is 9.55 Å². The van der Waals surface area contributed by atoms with Crippen molar-refractivity contribution in [3.63, 3.8) is 0 Å². The Morgan fingerprint density at radius 2 is 1.83 bits per heavy atom. The van der Waals surface area contributed by atoms with Crippen LogP contribution in [0.2, 0.25) is 0 Å². The number of nitriles is 1. The Hall–Kier alpha value is -2.01. The molecule has 1 fully saturated rings. The number of hydrogen-bond donors (Lipinski definition) is 1. The highest BCUT2D eigenvalue weighted by atomic mass is 35.5. The Labute approximate surface area is 147 Å². The van der Waals surface area contributed by atoms with E-state index < -0.39 is 18.3 Å². The van der Waals surface area contributed by atoms with E-state index in [9.17, 15) is 5.11 Å². The second kappa shape index (κ2) is 6.13. The van der Waals surface area contributed by atoms with Gasteiger partial charge in [-0.1, -0.05) is 6.07 Å². The zero-order valence-electron chi connectivity index (χ0n) is 14.0. The number of nitrogens with zero attached hydrogens (tertiary/aromatic N) is 3. The molecule has 1 N–H and O–H groups in total. The van der Waals surface area contributed by atoms with Crippen LogP contribution >= 0.6 is 12.4 Å². The first kappa shape index (κ1) is 18.3. The molecule has 0 saturated carbocycles. The van der Waals surface area contributed by atoms with E-state index in [-0.39, 0.29) is 18.2 Å². The topological polar surface area (TPSA) is 80.3 Å². The normalized spacial score (nSPS) is 18.0. The number of aromatic nitrogens is 2. The molecule has 24 heavy (non-hydrogen) atoms. The standard InChI is InChI=1S/C16H18BN3O3.ClH/c1-15(2)16(3,4)23-17(22-15)13-6-5-12(7-14(13)21)20-9-11(8-18)19-10-20;/h5-7,9-10,21H,1-4H3;1H. The van der Waals surface area contributed by atoms with Crippen molar-refractivity contribution in [3.05, 3.63) is 36.4 Å². The zero-order valence-corrected chi connectivity index (χ0v) is 14.8. The van der Waals surface area contributed by atoms with Crippen LogP contribution < -0.4 is 5.46 Å². The van der Waals surface area contributed by atoms with Gasteiger partial charge in [0, 0.05) is 17.7 Å². The summed E-state index contributed by atoms with van der Waals surface area (Å²) in [6, 6.07) is 7.16. The molecule has 1 aromatic carbocycles. The van der Waals surface area contributed by atoms with Crippen molar-refractivity contribution in [2.24, 2.45) is 0 Å². The van der Waals surface area contributed by atoms with Gasteiger partial charge in [-0.2, -0.15) is 5.26 Å². The van der Waals surface area contributed by atoms with E-state index in [0.29, 0.717) is 16.8 Å². The molecular weight excluding hydrogens is 328 g/mol. The number of halogens is 1. The number of phenols is 1. The molecule has 0 atom stereocenters. The number of rotatable bonds is 2. The molecule has 6 nitrogen and oxygen atoms in total. The average Bonchev–Trinajstić information content (AvgIpc) is 3.01. The summed E-state index contributed by atoms with van der Waals surface area (Å²) in [5.41, 5.74) is 0.674. The maximum atomic E-state index is 10.4. The summed E-state index contributed by atoms with van der Waals surface area (Å²) < 4.78 is 13.6. The molecule has 3 rings (SSSR count). The lowest BCUT2D eigenvalue weighted by Gasteiger charge is -2.32. The molecule has 1 aromatic heterocycles. The third-order valence-electron chi connectivity index (χ3n) is 4.52. The van der Waals surface area contributed by atoms with Crippen LogP contribution in [-0.4, -0.2) is 33.0 Å². The molecule has 126 valence electrons. The Morgan fingerprint density at radius 1 is 1.21 bits per heavy atom. The van der Waals surface area contributed by atoms with Gasteiger partial charge in [0.25, 0.3) is 0 Å². The molecule has 0 aliphatic carbocycles. The minimum absolute atomic E-state index is 0. The van der Waals surface area contributed by atoms with Crippen LogP contribution in [0.25, 0.3) is 5.69 Å². The van der Waals surface area contributed by atoms with Gasteiger partial charge in [-0.3, -0.25) is 0 Å². The maximum absolute atomic E-state index is 10.4. The second-order valence-corrected chi connectivity index (χ2v) is 6.61. The highest BCUT2D eigenvalue weighted by Gasteiger charge is 2.52. The van der Waals surface area contributed by atoms with Crippen LogP contribution in [0.1, 0.15) is 33.4 Å². The molecule has 1 aliphatic heterocycles. The van der Waals surface area contributed by atoms with Crippen molar-refractivity contribution in [2.75, 3.05) is 0 Å². The minimum atomic E-state index is -0.619. The SMILES string of the molecule is CC1(C)OB(c2ccc(-n3cnc(C#N)c3)cc2O)OC1(C)C.Cl. The molecular formula is C16H19BClN3O3. The van der Waals surface area contributed by atoms with Crippen molar-refractivity contribution < 1.29 is 14.4 Å². The summed E-state index contributed by atoms with van der Waals surface area (Å²) >= 11 is 0. The summed E-state index contributed by atoms with van der Waals surface area (Å²) in [7, 11) is -0.619. The first-order valence-electron chi connectivity index (χ1n) is 7.36. The average molecular weight is 348 g/mol. The van der Waals surface area contributed by atoms with Crippen molar-refractivity contribution in [3.8, 4) is 17.5 Å². The van der Waals surface area contributed by atoms with Gasteiger partial charge in [-0.15, -0.1) is 12.4 Å². The van der Waals surface area contributed by atoms with Crippen LogP contribution in [-0.2, 0) is 9.31 Å². The largest absolute Gasteiger partial charge is 0.508 e. The van der Waals surface area contributed by atoms with E-state index in [4.69, 9.17) is 14.6 Å². The molecule has 8 heteroatoms. The molecule has 1 aliphatic rings. The smallest absolute Gasteiger partial charge is 0.498 e. The number of phenolic OH excluding ortho intramolecular Hbond substituents is 1. The first-order valence-corrected chi connectivity index (χ1v) is 7.36. The van der Waals surface area contributed by atoms with Gasteiger partial charge in [0.05, 0.1) is 16.9 Å². The molecule has 0 amide bonds. The molecule has 0 radical (unpaired) electrons. The predicted molar refractivity (Wildman–Crippen MR) is 92.9 cm³/mol. The van der Waals surface area contributed by atoms with Gasteiger partial charge in [-0.25, -0.2) is 4.98 Å². The second-order valence-electron chi connectivity index (χ2n) is 6.61. The van der Waals surface area contributed by atoms with Crippen molar-refractivity contribution in [1.29, 1.82) is 5.26 Å². The third-order valence-corrected chi connectivity index (χ3v) is 4.52. The summed E-state index contributed by atoms with van der Waals surface area (Å²) in [4.78, 5) is 3.95. The van der Waals surface area contributed by atoms with Crippen LogP contribution in [0.3, 0.4) is 0 Å².